The van der Waals surface area contributed by atoms with E-state index in [1.54, 1.807) is 11.8 Å². The van der Waals surface area contributed by atoms with E-state index in [1.807, 2.05) is 25.0 Å². The highest BCUT2D eigenvalue weighted by molar-refractivity contribution is 8.00. The van der Waals surface area contributed by atoms with Gasteiger partial charge in [0.1, 0.15) is 4.75 Å². The number of hydrogen-bond acceptors (Lipinski definition) is 3. The molecule has 1 aliphatic heterocycles. The Balaban J connectivity index is 2.57. The van der Waals surface area contributed by atoms with Crippen LogP contribution in [0.5, 0.6) is 0 Å². The molecule has 1 rings (SSSR count). The molecular formula is C11H18N2OS. The van der Waals surface area contributed by atoms with Gasteiger partial charge in [-0.25, -0.2) is 0 Å². The minimum absolute atomic E-state index is 0.0638. The first kappa shape index (κ1) is 12.4. The lowest BCUT2D eigenvalue weighted by molar-refractivity contribution is -0.135. The van der Waals surface area contributed by atoms with Crippen molar-refractivity contribution in [2.45, 2.75) is 31.4 Å². The van der Waals surface area contributed by atoms with Crippen molar-refractivity contribution in [1.29, 1.82) is 5.26 Å². The molecule has 0 aromatic heterocycles. The van der Waals surface area contributed by atoms with Gasteiger partial charge in [-0.05, 0) is 19.1 Å². The maximum Gasteiger partial charge on any atom is 0.225 e. The molecule has 1 heterocycles. The average molecular weight is 226 g/mol. The van der Waals surface area contributed by atoms with Crippen LogP contribution in [0.15, 0.2) is 0 Å². The van der Waals surface area contributed by atoms with Gasteiger partial charge in [0, 0.05) is 19.0 Å². The number of nitrogens with zero attached hydrogens (tertiary/aromatic N) is 2. The molecule has 0 aliphatic carbocycles. The Labute approximate surface area is 95.8 Å². The molecule has 0 radical (unpaired) electrons. The number of likely N-dealkylation sites (tertiary alicyclic amines) is 1. The Kier molecular flexibility index (Phi) is 4.04. The normalized spacial score (nSPS) is 20.1. The highest BCUT2D eigenvalue weighted by Crippen LogP contribution is 2.33. The predicted octanol–water partition coefficient (Wildman–Crippen LogP) is 1.89. The van der Waals surface area contributed by atoms with Gasteiger partial charge in [0.05, 0.1) is 6.07 Å². The van der Waals surface area contributed by atoms with Gasteiger partial charge in [-0.3, -0.25) is 4.79 Å². The second-order valence-corrected chi connectivity index (χ2v) is 5.48. The summed E-state index contributed by atoms with van der Waals surface area (Å²) >= 11 is 1.62. The number of carbonyl (C=O) groups excluding carboxylic acids is 1. The fourth-order valence-corrected chi connectivity index (χ4v) is 2.50. The molecule has 0 aromatic carbocycles. The first-order valence-electron chi connectivity index (χ1n) is 5.30. The van der Waals surface area contributed by atoms with Crippen LogP contribution in [-0.2, 0) is 4.79 Å². The van der Waals surface area contributed by atoms with Crippen LogP contribution in [0.1, 0.15) is 26.7 Å². The van der Waals surface area contributed by atoms with E-state index < -0.39 is 0 Å². The van der Waals surface area contributed by atoms with E-state index in [4.69, 9.17) is 5.26 Å². The molecule has 1 saturated heterocycles. The molecule has 84 valence electrons. The molecule has 0 spiro atoms. The van der Waals surface area contributed by atoms with Crippen molar-refractivity contribution in [3.63, 3.8) is 0 Å². The number of rotatable bonds is 2. The zero-order valence-electron chi connectivity index (χ0n) is 9.62. The number of hydrogen-bond donors (Lipinski definition) is 0. The summed E-state index contributed by atoms with van der Waals surface area (Å²) in [5.41, 5.74) is 0. The molecule has 1 aliphatic rings. The third-order valence-electron chi connectivity index (χ3n) is 2.97. The van der Waals surface area contributed by atoms with Crippen molar-refractivity contribution in [2.75, 3.05) is 19.3 Å². The van der Waals surface area contributed by atoms with Crippen molar-refractivity contribution < 1.29 is 4.79 Å². The number of thioether (sulfide) groups is 1. The number of carbonyl (C=O) groups is 1. The largest absolute Gasteiger partial charge is 0.342 e. The van der Waals surface area contributed by atoms with Crippen LogP contribution >= 0.6 is 11.8 Å². The van der Waals surface area contributed by atoms with Crippen LogP contribution in [0.2, 0.25) is 0 Å². The summed E-state index contributed by atoms with van der Waals surface area (Å²) in [7, 11) is 0. The lowest BCUT2D eigenvalue weighted by atomic mass is 9.96. The Morgan fingerprint density at radius 1 is 1.47 bits per heavy atom. The van der Waals surface area contributed by atoms with Gasteiger partial charge >= 0.3 is 0 Å². The van der Waals surface area contributed by atoms with Crippen LogP contribution in [0.25, 0.3) is 0 Å². The van der Waals surface area contributed by atoms with Crippen molar-refractivity contribution in [2.24, 2.45) is 5.92 Å². The van der Waals surface area contributed by atoms with Gasteiger partial charge in [-0.1, -0.05) is 13.8 Å². The van der Waals surface area contributed by atoms with Crippen LogP contribution in [0, 0.1) is 17.2 Å². The van der Waals surface area contributed by atoms with Crippen LogP contribution < -0.4 is 0 Å². The van der Waals surface area contributed by atoms with Gasteiger partial charge in [0.2, 0.25) is 5.91 Å². The van der Waals surface area contributed by atoms with Gasteiger partial charge in [-0.2, -0.15) is 5.26 Å². The number of piperidine rings is 1. The number of amides is 1. The van der Waals surface area contributed by atoms with E-state index in [1.165, 1.54) is 0 Å². The van der Waals surface area contributed by atoms with Crippen LogP contribution in [-0.4, -0.2) is 34.9 Å². The maximum absolute atomic E-state index is 11.7. The molecule has 0 N–H and O–H groups in total. The third kappa shape index (κ3) is 2.66. The Morgan fingerprint density at radius 2 is 2.00 bits per heavy atom. The van der Waals surface area contributed by atoms with E-state index in [2.05, 4.69) is 6.07 Å². The molecule has 4 heteroatoms. The smallest absolute Gasteiger partial charge is 0.225 e. The highest BCUT2D eigenvalue weighted by Gasteiger charge is 2.35. The van der Waals surface area contributed by atoms with Gasteiger partial charge in [0.25, 0.3) is 0 Å². The zero-order chi connectivity index (χ0) is 11.5. The maximum atomic E-state index is 11.7. The molecule has 0 aromatic rings. The third-order valence-corrected chi connectivity index (χ3v) is 4.25. The lowest BCUT2D eigenvalue weighted by Crippen LogP contribution is -2.45. The second kappa shape index (κ2) is 4.89. The van der Waals surface area contributed by atoms with E-state index in [0.29, 0.717) is 0 Å². The summed E-state index contributed by atoms with van der Waals surface area (Å²) in [6.45, 7) is 5.29. The molecule has 15 heavy (non-hydrogen) atoms. The van der Waals surface area contributed by atoms with Crippen LogP contribution in [0.4, 0.5) is 0 Å². The predicted molar refractivity (Wildman–Crippen MR) is 62.5 cm³/mol. The fraction of sp³-hybridized carbons (Fsp3) is 0.818. The minimum atomic E-state index is -0.256. The quantitative estimate of drug-likeness (QED) is 0.722. The first-order chi connectivity index (χ1) is 7.04. The molecule has 3 nitrogen and oxygen atoms in total. The topological polar surface area (TPSA) is 44.1 Å². The average Bonchev–Trinajstić information content (AvgIpc) is 2.28. The van der Waals surface area contributed by atoms with Crippen molar-refractivity contribution >= 4 is 17.7 Å². The SMILES string of the molecule is CSC1(C#N)CCN(C(=O)C(C)C)CC1. The van der Waals surface area contributed by atoms with Crippen LogP contribution in [0.3, 0.4) is 0 Å². The Hall–Kier alpha value is -0.690. The number of nitriles is 1. The summed E-state index contributed by atoms with van der Waals surface area (Å²) in [5.74, 6) is 0.275. The molecule has 1 amide bonds. The molecule has 0 unspecified atom stereocenters. The monoisotopic (exact) mass is 226 g/mol. The molecule has 1 fully saturated rings. The summed E-state index contributed by atoms with van der Waals surface area (Å²) < 4.78 is -0.256. The second-order valence-electron chi connectivity index (χ2n) is 4.29. The van der Waals surface area contributed by atoms with E-state index >= 15 is 0 Å². The summed E-state index contributed by atoms with van der Waals surface area (Å²) in [6, 6.07) is 2.38. The Morgan fingerprint density at radius 3 is 2.33 bits per heavy atom. The molecule has 0 atom stereocenters. The first-order valence-corrected chi connectivity index (χ1v) is 6.52. The van der Waals surface area contributed by atoms with E-state index in [-0.39, 0.29) is 16.6 Å². The van der Waals surface area contributed by atoms with Gasteiger partial charge in [-0.15, -0.1) is 11.8 Å². The molecule has 0 saturated carbocycles. The summed E-state index contributed by atoms with van der Waals surface area (Å²) in [5, 5.41) is 9.10. The molecule has 0 bridgehead atoms. The van der Waals surface area contributed by atoms with E-state index in [9.17, 15) is 4.79 Å². The van der Waals surface area contributed by atoms with Crippen molar-refractivity contribution in [3.8, 4) is 6.07 Å². The van der Waals surface area contributed by atoms with Gasteiger partial charge in [0.15, 0.2) is 0 Å². The molecular weight excluding hydrogens is 208 g/mol. The van der Waals surface area contributed by atoms with Crippen molar-refractivity contribution in [3.05, 3.63) is 0 Å². The van der Waals surface area contributed by atoms with E-state index in [0.717, 1.165) is 25.9 Å². The standard InChI is InChI=1S/C11H18N2OS/c1-9(2)10(14)13-6-4-11(8-12,15-3)5-7-13/h9H,4-7H2,1-3H3. The van der Waals surface area contributed by atoms with Gasteiger partial charge < -0.3 is 4.90 Å². The van der Waals surface area contributed by atoms with Crippen molar-refractivity contribution in [1.82, 2.24) is 4.90 Å². The zero-order valence-corrected chi connectivity index (χ0v) is 10.4. The lowest BCUT2D eigenvalue weighted by Gasteiger charge is -2.36. The fourth-order valence-electron chi connectivity index (χ4n) is 1.82. The minimum Gasteiger partial charge on any atom is -0.342 e. The highest BCUT2D eigenvalue weighted by atomic mass is 32.2. The summed E-state index contributed by atoms with van der Waals surface area (Å²) in [4.78, 5) is 13.6. The Bertz CT molecular complexity index is 275. The summed E-state index contributed by atoms with van der Waals surface area (Å²) in [6.07, 6.45) is 3.56.